The molecule has 4 rings (SSSR count). The van der Waals surface area contributed by atoms with Crippen LogP contribution in [0.2, 0.25) is 0 Å². The third-order valence-electron chi connectivity index (χ3n) is 4.48. The van der Waals surface area contributed by atoms with Crippen molar-refractivity contribution in [2.45, 2.75) is 6.17 Å². The third kappa shape index (κ3) is 3.57. The first-order valence-electron chi connectivity index (χ1n) is 8.79. The summed E-state index contributed by atoms with van der Waals surface area (Å²) >= 11 is 0. The van der Waals surface area contributed by atoms with Crippen LogP contribution in [0.15, 0.2) is 91.0 Å². The van der Waals surface area contributed by atoms with E-state index < -0.39 is 6.17 Å². The van der Waals surface area contributed by atoms with E-state index in [1.165, 1.54) is 0 Å². The maximum absolute atomic E-state index is 13.0. The van der Waals surface area contributed by atoms with Gasteiger partial charge in [-0.15, -0.1) is 0 Å². The highest BCUT2D eigenvalue weighted by atomic mass is 16.1. The number of nitrogens with one attached hydrogen (secondary N) is 1. The molecule has 1 amide bonds. The molecule has 1 atom stereocenters. The Labute approximate surface area is 157 Å². The summed E-state index contributed by atoms with van der Waals surface area (Å²) < 4.78 is 0. The number of para-hydroxylation sites is 1. The number of rotatable bonds is 4. The molecule has 0 radical (unpaired) electrons. The van der Waals surface area contributed by atoms with Crippen molar-refractivity contribution in [1.82, 2.24) is 10.3 Å². The molecule has 0 bridgehead atoms. The third-order valence-corrected chi connectivity index (χ3v) is 4.48. The molecule has 0 fully saturated rings. The largest absolute Gasteiger partial charge is 0.333 e. The molecule has 0 spiro atoms. The van der Waals surface area contributed by atoms with Gasteiger partial charge < -0.3 is 11.1 Å². The minimum absolute atomic E-state index is 0.220. The van der Waals surface area contributed by atoms with E-state index in [1.807, 2.05) is 91.0 Å². The summed E-state index contributed by atoms with van der Waals surface area (Å²) in [5, 5.41) is 3.70. The van der Waals surface area contributed by atoms with Gasteiger partial charge in [0.1, 0.15) is 6.17 Å². The van der Waals surface area contributed by atoms with Crippen molar-refractivity contribution >= 4 is 16.8 Å². The molecule has 132 valence electrons. The van der Waals surface area contributed by atoms with Crippen LogP contribution in [0.4, 0.5) is 0 Å². The number of hydrogen-bond donors (Lipinski definition) is 2. The molecule has 0 saturated heterocycles. The SMILES string of the molecule is N[C@H](NC(=O)c1cc(-c2ccccc2)nc2ccccc12)c1ccccc1. The zero-order valence-electron chi connectivity index (χ0n) is 14.7. The van der Waals surface area contributed by atoms with E-state index in [2.05, 4.69) is 5.32 Å². The monoisotopic (exact) mass is 353 g/mol. The van der Waals surface area contributed by atoms with E-state index in [9.17, 15) is 4.79 Å². The zero-order chi connectivity index (χ0) is 18.6. The average molecular weight is 353 g/mol. The predicted molar refractivity (Wildman–Crippen MR) is 108 cm³/mol. The van der Waals surface area contributed by atoms with E-state index in [1.54, 1.807) is 0 Å². The van der Waals surface area contributed by atoms with Crippen molar-refractivity contribution in [2.75, 3.05) is 0 Å². The fraction of sp³-hybridized carbons (Fsp3) is 0.0435. The average Bonchev–Trinajstić information content (AvgIpc) is 2.74. The molecule has 0 unspecified atom stereocenters. The molecular formula is C23H19N3O. The van der Waals surface area contributed by atoms with E-state index in [0.717, 1.165) is 27.7 Å². The summed E-state index contributed by atoms with van der Waals surface area (Å²) in [6.45, 7) is 0. The van der Waals surface area contributed by atoms with Crippen molar-refractivity contribution in [2.24, 2.45) is 5.73 Å². The Balaban J connectivity index is 1.74. The Morgan fingerprint density at radius 1 is 0.852 bits per heavy atom. The standard InChI is InChI=1S/C23H19N3O/c24-22(17-11-5-2-6-12-17)26-23(27)19-15-21(16-9-3-1-4-10-16)25-20-14-8-7-13-18(19)20/h1-15,22H,24H2,(H,26,27)/t22-/m1/s1. The number of nitrogens with zero attached hydrogens (tertiary/aromatic N) is 1. The van der Waals surface area contributed by atoms with E-state index in [0.29, 0.717) is 5.56 Å². The molecular weight excluding hydrogens is 334 g/mol. The Bertz CT molecular complexity index is 1080. The van der Waals surface area contributed by atoms with Gasteiger partial charge in [-0.05, 0) is 17.7 Å². The van der Waals surface area contributed by atoms with Gasteiger partial charge in [0.15, 0.2) is 0 Å². The topological polar surface area (TPSA) is 68.0 Å². The Kier molecular flexibility index (Phi) is 4.64. The molecule has 0 aliphatic carbocycles. The Hall–Kier alpha value is -3.50. The van der Waals surface area contributed by atoms with E-state index in [4.69, 9.17) is 10.7 Å². The Morgan fingerprint density at radius 2 is 1.48 bits per heavy atom. The highest BCUT2D eigenvalue weighted by molar-refractivity contribution is 6.07. The number of hydrogen-bond acceptors (Lipinski definition) is 3. The number of carbonyl (C=O) groups excluding carboxylic acids is 1. The molecule has 0 aliphatic heterocycles. The second kappa shape index (κ2) is 7.40. The highest BCUT2D eigenvalue weighted by Crippen LogP contribution is 2.25. The maximum Gasteiger partial charge on any atom is 0.253 e. The number of amides is 1. The second-order valence-electron chi connectivity index (χ2n) is 6.30. The summed E-state index contributed by atoms with van der Waals surface area (Å²) in [6.07, 6.45) is -0.578. The van der Waals surface area contributed by atoms with E-state index >= 15 is 0 Å². The summed E-state index contributed by atoms with van der Waals surface area (Å²) in [7, 11) is 0. The molecule has 3 N–H and O–H groups in total. The minimum Gasteiger partial charge on any atom is -0.333 e. The van der Waals surface area contributed by atoms with Crippen LogP contribution in [0.5, 0.6) is 0 Å². The van der Waals surface area contributed by atoms with Crippen LogP contribution in [0.3, 0.4) is 0 Å². The normalized spacial score (nSPS) is 11.9. The molecule has 0 aliphatic rings. The van der Waals surface area contributed by atoms with Gasteiger partial charge in [-0.3, -0.25) is 4.79 Å². The van der Waals surface area contributed by atoms with Crippen molar-refractivity contribution in [3.8, 4) is 11.3 Å². The number of fused-ring (bicyclic) bond motifs is 1. The summed E-state index contributed by atoms with van der Waals surface area (Å²) in [4.78, 5) is 17.7. The lowest BCUT2D eigenvalue weighted by molar-refractivity contribution is 0.0939. The van der Waals surface area contributed by atoms with Crippen LogP contribution in [-0.4, -0.2) is 10.9 Å². The van der Waals surface area contributed by atoms with Crippen LogP contribution in [-0.2, 0) is 0 Å². The van der Waals surface area contributed by atoms with Crippen LogP contribution < -0.4 is 11.1 Å². The number of carbonyl (C=O) groups is 1. The lowest BCUT2D eigenvalue weighted by atomic mass is 10.0. The van der Waals surface area contributed by atoms with Gasteiger partial charge in [-0.25, -0.2) is 4.98 Å². The highest BCUT2D eigenvalue weighted by Gasteiger charge is 2.16. The zero-order valence-corrected chi connectivity index (χ0v) is 14.7. The number of nitrogens with two attached hydrogens (primary N) is 1. The summed E-state index contributed by atoms with van der Waals surface area (Å²) in [5.74, 6) is -0.220. The summed E-state index contributed by atoms with van der Waals surface area (Å²) in [6, 6.07) is 28.8. The Morgan fingerprint density at radius 3 is 2.22 bits per heavy atom. The first-order chi connectivity index (χ1) is 13.2. The molecule has 0 saturated carbocycles. The first-order valence-corrected chi connectivity index (χ1v) is 8.79. The molecule has 4 heteroatoms. The molecule has 4 aromatic rings. The lowest BCUT2D eigenvalue weighted by Crippen LogP contribution is -2.34. The summed E-state index contributed by atoms with van der Waals surface area (Å²) in [5.41, 5.74) is 10.1. The van der Waals surface area contributed by atoms with Crippen LogP contribution >= 0.6 is 0 Å². The smallest absolute Gasteiger partial charge is 0.253 e. The van der Waals surface area contributed by atoms with Gasteiger partial charge in [0, 0.05) is 10.9 Å². The minimum atomic E-state index is -0.578. The molecule has 4 nitrogen and oxygen atoms in total. The fourth-order valence-corrected chi connectivity index (χ4v) is 3.08. The predicted octanol–water partition coefficient (Wildman–Crippen LogP) is 4.29. The fourth-order valence-electron chi connectivity index (χ4n) is 3.08. The molecule has 3 aromatic carbocycles. The lowest BCUT2D eigenvalue weighted by Gasteiger charge is -2.16. The van der Waals surface area contributed by atoms with Crippen LogP contribution in [0, 0.1) is 0 Å². The van der Waals surface area contributed by atoms with Gasteiger partial charge in [0.05, 0.1) is 16.8 Å². The van der Waals surface area contributed by atoms with Gasteiger partial charge in [-0.2, -0.15) is 0 Å². The van der Waals surface area contributed by atoms with E-state index in [-0.39, 0.29) is 5.91 Å². The number of aromatic nitrogens is 1. The van der Waals surface area contributed by atoms with Crippen LogP contribution in [0.25, 0.3) is 22.2 Å². The van der Waals surface area contributed by atoms with Crippen LogP contribution in [0.1, 0.15) is 22.1 Å². The first kappa shape index (κ1) is 16.9. The van der Waals surface area contributed by atoms with Gasteiger partial charge in [0.25, 0.3) is 5.91 Å². The van der Waals surface area contributed by atoms with Crippen molar-refractivity contribution in [3.05, 3.63) is 102 Å². The van der Waals surface area contributed by atoms with Crippen molar-refractivity contribution < 1.29 is 4.79 Å². The van der Waals surface area contributed by atoms with Gasteiger partial charge >= 0.3 is 0 Å². The van der Waals surface area contributed by atoms with Crippen molar-refractivity contribution in [3.63, 3.8) is 0 Å². The number of benzene rings is 3. The quantitative estimate of drug-likeness (QED) is 0.538. The molecule has 1 aromatic heterocycles. The number of pyridine rings is 1. The molecule has 1 heterocycles. The maximum atomic E-state index is 13.0. The van der Waals surface area contributed by atoms with Gasteiger partial charge in [0.2, 0.25) is 0 Å². The second-order valence-corrected chi connectivity index (χ2v) is 6.30. The molecule has 27 heavy (non-hydrogen) atoms. The van der Waals surface area contributed by atoms with Gasteiger partial charge in [-0.1, -0.05) is 78.9 Å². The van der Waals surface area contributed by atoms with Crippen molar-refractivity contribution in [1.29, 1.82) is 0 Å².